The molecule has 0 spiro atoms. The number of carbonyl (C=O) groups excluding carboxylic acids is 1. The van der Waals surface area contributed by atoms with Crippen LogP contribution in [0.25, 0.3) is 0 Å². The quantitative estimate of drug-likeness (QED) is 0.485. The summed E-state index contributed by atoms with van der Waals surface area (Å²) in [5.41, 5.74) is 0. The van der Waals surface area contributed by atoms with E-state index in [1.165, 1.54) is 44.9 Å². The largest absolute Gasteiger partial charge is 0.465 e. The van der Waals surface area contributed by atoms with E-state index in [4.69, 9.17) is 4.74 Å². The second-order valence-electron chi connectivity index (χ2n) is 5.81. The summed E-state index contributed by atoms with van der Waals surface area (Å²) >= 11 is 0. The zero-order chi connectivity index (χ0) is 13.9. The van der Waals surface area contributed by atoms with Crippen LogP contribution < -0.4 is 0 Å². The first kappa shape index (κ1) is 16.5. The summed E-state index contributed by atoms with van der Waals surface area (Å²) in [5, 5.41) is 10.0. The molecule has 2 atom stereocenters. The molecular formula is C16H30O3. The van der Waals surface area contributed by atoms with Gasteiger partial charge in [-0.15, -0.1) is 0 Å². The Bertz CT molecular complexity index is 230. The highest BCUT2D eigenvalue weighted by Gasteiger charge is 2.25. The second kappa shape index (κ2) is 10.2. The van der Waals surface area contributed by atoms with Gasteiger partial charge in [0.25, 0.3) is 0 Å². The molecule has 0 saturated carbocycles. The first-order valence-electron chi connectivity index (χ1n) is 8.07. The molecule has 3 nitrogen and oxygen atoms in total. The first-order valence-corrected chi connectivity index (χ1v) is 8.07. The van der Waals surface area contributed by atoms with Gasteiger partial charge in [-0.25, -0.2) is 0 Å². The van der Waals surface area contributed by atoms with Gasteiger partial charge in [-0.3, -0.25) is 4.79 Å². The molecule has 0 unspecified atom stereocenters. The van der Waals surface area contributed by atoms with E-state index in [2.05, 4.69) is 6.92 Å². The fourth-order valence-corrected chi connectivity index (χ4v) is 2.69. The monoisotopic (exact) mass is 270 g/mol. The Morgan fingerprint density at radius 3 is 2.37 bits per heavy atom. The molecule has 0 amide bonds. The normalized spacial score (nSPS) is 21.2. The third kappa shape index (κ3) is 7.56. The topological polar surface area (TPSA) is 46.5 Å². The fourth-order valence-electron chi connectivity index (χ4n) is 2.69. The lowest BCUT2D eigenvalue weighted by Gasteiger charge is -2.26. The number of esters is 1. The van der Waals surface area contributed by atoms with Crippen LogP contribution in [0.3, 0.4) is 0 Å². The highest BCUT2D eigenvalue weighted by Crippen LogP contribution is 2.22. The Morgan fingerprint density at radius 2 is 1.79 bits per heavy atom. The number of aliphatic hydroxyl groups is 1. The van der Waals surface area contributed by atoms with Crippen molar-refractivity contribution >= 4 is 5.97 Å². The zero-order valence-electron chi connectivity index (χ0n) is 12.4. The Morgan fingerprint density at radius 1 is 1.16 bits per heavy atom. The Labute approximate surface area is 117 Å². The van der Waals surface area contributed by atoms with E-state index < -0.39 is 0 Å². The van der Waals surface area contributed by atoms with Crippen molar-refractivity contribution in [2.75, 3.05) is 6.61 Å². The predicted octanol–water partition coefficient (Wildman–Crippen LogP) is 3.83. The number of carbonyl (C=O) groups is 1. The van der Waals surface area contributed by atoms with Crippen molar-refractivity contribution in [2.24, 2.45) is 5.92 Å². The Hall–Kier alpha value is -0.570. The Balaban J connectivity index is 1.92. The van der Waals surface area contributed by atoms with Crippen LogP contribution in [-0.2, 0) is 9.53 Å². The fraction of sp³-hybridized carbons (Fsp3) is 0.938. The van der Waals surface area contributed by atoms with Crippen molar-refractivity contribution in [3.63, 3.8) is 0 Å². The molecular weight excluding hydrogens is 240 g/mol. The third-order valence-corrected chi connectivity index (χ3v) is 4.08. The standard InChI is InChI=1S/C16H30O3/c1-2-3-4-5-6-7-8-9-10-15(17)14-11-12-16(18)19-13-14/h14-15,17H,2-13H2,1H3/t14-,15+/m0/s1. The minimum atomic E-state index is -0.284. The Kier molecular flexibility index (Phi) is 8.89. The number of unbranched alkanes of at least 4 members (excludes halogenated alkanes) is 7. The lowest BCUT2D eigenvalue weighted by molar-refractivity contribution is -0.152. The number of ether oxygens (including phenoxy) is 1. The average Bonchev–Trinajstić information content (AvgIpc) is 2.42. The molecule has 3 heteroatoms. The molecule has 1 aliphatic heterocycles. The molecule has 1 fully saturated rings. The van der Waals surface area contributed by atoms with Crippen LogP contribution in [0.15, 0.2) is 0 Å². The minimum Gasteiger partial charge on any atom is -0.465 e. The minimum absolute atomic E-state index is 0.115. The van der Waals surface area contributed by atoms with Crippen molar-refractivity contribution in [3.8, 4) is 0 Å². The molecule has 0 aromatic heterocycles. The summed E-state index contributed by atoms with van der Waals surface area (Å²) < 4.78 is 5.00. The van der Waals surface area contributed by atoms with Crippen LogP contribution in [0, 0.1) is 5.92 Å². The molecule has 1 saturated heterocycles. The lowest BCUT2D eigenvalue weighted by atomic mass is 9.92. The molecule has 0 aliphatic carbocycles. The van der Waals surface area contributed by atoms with Crippen LogP contribution in [0.2, 0.25) is 0 Å². The van der Waals surface area contributed by atoms with Gasteiger partial charge in [0.1, 0.15) is 0 Å². The molecule has 0 aromatic carbocycles. The maximum Gasteiger partial charge on any atom is 0.305 e. The molecule has 1 N–H and O–H groups in total. The number of hydrogen-bond acceptors (Lipinski definition) is 3. The SMILES string of the molecule is CCCCCCCCCC[C@@H](O)[C@H]1CCC(=O)OC1. The van der Waals surface area contributed by atoms with E-state index >= 15 is 0 Å². The predicted molar refractivity (Wildman–Crippen MR) is 76.9 cm³/mol. The summed E-state index contributed by atoms with van der Waals surface area (Å²) in [6.07, 6.45) is 12.2. The van der Waals surface area contributed by atoms with Crippen LogP contribution >= 0.6 is 0 Å². The van der Waals surface area contributed by atoms with E-state index in [1.807, 2.05) is 0 Å². The van der Waals surface area contributed by atoms with E-state index in [9.17, 15) is 9.90 Å². The molecule has 112 valence electrons. The zero-order valence-corrected chi connectivity index (χ0v) is 12.4. The van der Waals surface area contributed by atoms with Gasteiger partial charge in [0.15, 0.2) is 0 Å². The molecule has 19 heavy (non-hydrogen) atoms. The summed E-state index contributed by atoms with van der Waals surface area (Å²) in [7, 11) is 0. The van der Waals surface area contributed by atoms with E-state index in [-0.39, 0.29) is 18.0 Å². The first-order chi connectivity index (χ1) is 9.24. The summed E-state index contributed by atoms with van der Waals surface area (Å²) in [6.45, 7) is 2.65. The van der Waals surface area contributed by atoms with Gasteiger partial charge in [0.05, 0.1) is 12.7 Å². The molecule has 0 bridgehead atoms. The highest BCUT2D eigenvalue weighted by atomic mass is 16.5. The summed E-state index contributed by atoms with van der Waals surface area (Å²) in [6, 6.07) is 0. The van der Waals surface area contributed by atoms with Gasteiger partial charge >= 0.3 is 5.97 Å². The van der Waals surface area contributed by atoms with Crippen LogP contribution in [0.4, 0.5) is 0 Å². The van der Waals surface area contributed by atoms with E-state index in [0.29, 0.717) is 13.0 Å². The number of hydrogen-bond donors (Lipinski definition) is 1. The molecule has 1 heterocycles. The van der Waals surface area contributed by atoms with Crippen molar-refractivity contribution in [1.29, 1.82) is 0 Å². The van der Waals surface area contributed by atoms with Gasteiger partial charge in [-0.2, -0.15) is 0 Å². The van der Waals surface area contributed by atoms with Gasteiger partial charge in [0.2, 0.25) is 0 Å². The smallest absolute Gasteiger partial charge is 0.305 e. The maximum absolute atomic E-state index is 10.9. The summed E-state index contributed by atoms with van der Waals surface area (Å²) in [4.78, 5) is 10.9. The van der Waals surface area contributed by atoms with E-state index in [1.54, 1.807) is 0 Å². The third-order valence-electron chi connectivity index (χ3n) is 4.08. The van der Waals surface area contributed by atoms with Crippen molar-refractivity contribution in [3.05, 3.63) is 0 Å². The van der Waals surface area contributed by atoms with E-state index in [0.717, 1.165) is 19.3 Å². The van der Waals surface area contributed by atoms with Crippen molar-refractivity contribution < 1.29 is 14.6 Å². The molecule has 0 radical (unpaired) electrons. The second-order valence-corrected chi connectivity index (χ2v) is 5.81. The lowest BCUT2D eigenvalue weighted by Crippen LogP contribution is -2.31. The summed E-state index contributed by atoms with van der Waals surface area (Å²) in [5.74, 6) is 0.0535. The molecule has 1 aliphatic rings. The highest BCUT2D eigenvalue weighted by molar-refractivity contribution is 5.69. The number of rotatable bonds is 10. The van der Waals surface area contributed by atoms with Crippen molar-refractivity contribution in [1.82, 2.24) is 0 Å². The van der Waals surface area contributed by atoms with Gasteiger partial charge in [0, 0.05) is 12.3 Å². The van der Waals surface area contributed by atoms with Gasteiger partial charge in [-0.05, 0) is 12.8 Å². The van der Waals surface area contributed by atoms with Crippen LogP contribution in [0.5, 0.6) is 0 Å². The van der Waals surface area contributed by atoms with Gasteiger partial charge < -0.3 is 9.84 Å². The van der Waals surface area contributed by atoms with Crippen LogP contribution in [0.1, 0.15) is 77.6 Å². The van der Waals surface area contributed by atoms with Gasteiger partial charge in [-0.1, -0.05) is 58.3 Å². The number of aliphatic hydroxyl groups excluding tert-OH is 1. The van der Waals surface area contributed by atoms with Crippen molar-refractivity contribution in [2.45, 2.75) is 83.7 Å². The molecule has 0 aromatic rings. The number of cyclic esters (lactones) is 1. The maximum atomic E-state index is 10.9. The average molecular weight is 270 g/mol. The molecule has 1 rings (SSSR count). The van der Waals surface area contributed by atoms with Crippen LogP contribution in [-0.4, -0.2) is 23.8 Å².